The molecule has 0 saturated carbocycles. The minimum absolute atomic E-state index is 0.123. The van der Waals surface area contributed by atoms with E-state index in [0.717, 1.165) is 22.7 Å². The summed E-state index contributed by atoms with van der Waals surface area (Å²) in [6, 6.07) is 13.3. The number of amides is 1. The van der Waals surface area contributed by atoms with Crippen molar-refractivity contribution in [3.8, 4) is 5.75 Å². The first kappa shape index (κ1) is 22.2. The average Bonchev–Trinajstić information content (AvgIpc) is 3.14. The van der Waals surface area contributed by atoms with Crippen molar-refractivity contribution in [2.45, 2.75) is 45.5 Å². The molecule has 2 aromatic carbocycles. The lowest BCUT2D eigenvalue weighted by molar-refractivity contribution is -0.113. The number of nitrogens with one attached hydrogen (secondary N) is 1. The minimum Gasteiger partial charge on any atom is -0.482 e. The van der Waals surface area contributed by atoms with Crippen molar-refractivity contribution in [3.63, 3.8) is 0 Å². The third kappa shape index (κ3) is 5.34. The van der Waals surface area contributed by atoms with Gasteiger partial charge in [-0.2, -0.15) is 0 Å². The Balaban J connectivity index is 1.66. The Morgan fingerprint density at radius 2 is 1.97 bits per heavy atom. The molecule has 0 aliphatic heterocycles. The SMILES string of the molecule is CCn1c(SCC(=O)Nc2cc(Cl)ccc2C)nnc1C(C)Oc1ccccc1C. The molecule has 6 nitrogen and oxygen atoms in total. The molecular weight excluding hydrogens is 420 g/mol. The standard InChI is InChI=1S/C22H25ClN4O2S/c1-5-27-21(16(4)29-19-9-7-6-8-15(19)3)25-26-22(27)30-13-20(28)24-18-12-17(23)11-10-14(18)2/h6-12,16H,5,13H2,1-4H3,(H,24,28). The zero-order chi connectivity index (χ0) is 21.7. The van der Waals surface area contributed by atoms with E-state index < -0.39 is 0 Å². The fourth-order valence-corrected chi connectivity index (χ4v) is 3.96. The van der Waals surface area contributed by atoms with Crippen molar-refractivity contribution in [2.24, 2.45) is 0 Å². The first-order valence-corrected chi connectivity index (χ1v) is 11.1. The number of aromatic nitrogens is 3. The molecular formula is C22H25ClN4O2S. The molecule has 1 amide bonds. The van der Waals surface area contributed by atoms with Gasteiger partial charge in [-0.25, -0.2) is 0 Å². The first-order valence-electron chi connectivity index (χ1n) is 9.73. The summed E-state index contributed by atoms with van der Waals surface area (Å²) in [7, 11) is 0. The van der Waals surface area contributed by atoms with Gasteiger partial charge in [-0.1, -0.05) is 47.6 Å². The van der Waals surface area contributed by atoms with E-state index in [1.807, 2.05) is 62.6 Å². The van der Waals surface area contributed by atoms with Crippen LogP contribution < -0.4 is 10.1 Å². The van der Waals surface area contributed by atoms with Crippen LogP contribution in [0.2, 0.25) is 5.02 Å². The van der Waals surface area contributed by atoms with Crippen LogP contribution in [0.5, 0.6) is 5.75 Å². The van der Waals surface area contributed by atoms with Crippen molar-refractivity contribution in [1.29, 1.82) is 0 Å². The Bertz CT molecular complexity index is 1040. The molecule has 0 bridgehead atoms. The molecule has 1 N–H and O–H groups in total. The predicted octanol–water partition coefficient (Wildman–Crippen LogP) is 5.44. The zero-order valence-electron chi connectivity index (χ0n) is 17.5. The summed E-state index contributed by atoms with van der Waals surface area (Å²) in [6.45, 7) is 8.59. The maximum Gasteiger partial charge on any atom is 0.234 e. The van der Waals surface area contributed by atoms with Gasteiger partial charge in [0.1, 0.15) is 5.75 Å². The summed E-state index contributed by atoms with van der Waals surface area (Å²) in [5.41, 5.74) is 2.74. The Morgan fingerprint density at radius 3 is 2.70 bits per heavy atom. The monoisotopic (exact) mass is 444 g/mol. The third-order valence-corrected chi connectivity index (χ3v) is 5.83. The van der Waals surface area contributed by atoms with E-state index in [9.17, 15) is 4.79 Å². The van der Waals surface area contributed by atoms with Crippen molar-refractivity contribution in [1.82, 2.24) is 14.8 Å². The number of rotatable bonds is 8. The average molecular weight is 445 g/mol. The summed E-state index contributed by atoms with van der Waals surface area (Å²) >= 11 is 7.37. The van der Waals surface area contributed by atoms with E-state index in [1.165, 1.54) is 11.8 Å². The van der Waals surface area contributed by atoms with Gasteiger partial charge in [-0.15, -0.1) is 10.2 Å². The maximum atomic E-state index is 12.4. The Hall–Kier alpha value is -2.51. The molecule has 0 saturated heterocycles. The van der Waals surface area contributed by atoms with Crippen LogP contribution in [-0.2, 0) is 11.3 Å². The lowest BCUT2D eigenvalue weighted by Gasteiger charge is -2.17. The second-order valence-electron chi connectivity index (χ2n) is 6.91. The van der Waals surface area contributed by atoms with Crippen molar-refractivity contribution >= 4 is 35.0 Å². The van der Waals surface area contributed by atoms with E-state index in [0.29, 0.717) is 22.4 Å². The first-order chi connectivity index (χ1) is 14.4. The van der Waals surface area contributed by atoms with Crippen LogP contribution in [-0.4, -0.2) is 26.4 Å². The molecule has 0 aliphatic rings. The van der Waals surface area contributed by atoms with Gasteiger partial charge in [0.2, 0.25) is 5.91 Å². The van der Waals surface area contributed by atoms with E-state index in [1.54, 1.807) is 12.1 Å². The number of carbonyl (C=O) groups is 1. The van der Waals surface area contributed by atoms with E-state index in [-0.39, 0.29) is 17.8 Å². The van der Waals surface area contributed by atoms with Crippen LogP contribution in [0.4, 0.5) is 5.69 Å². The Kier molecular flexibility index (Phi) is 7.39. The highest BCUT2D eigenvalue weighted by Crippen LogP contribution is 2.27. The van der Waals surface area contributed by atoms with Gasteiger partial charge >= 0.3 is 0 Å². The van der Waals surface area contributed by atoms with Gasteiger partial charge in [-0.3, -0.25) is 4.79 Å². The van der Waals surface area contributed by atoms with Crippen molar-refractivity contribution in [3.05, 3.63) is 64.4 Å². The highest BCUT2D eigenvalue weighted by atomic mass is 35.5. The molecule has 1 heterocycles. The van der Waals surface area contributed by atoms with Crippen LogP contribution >= 0.6 is 23.4 Å². The summed E-state index contributed by atoms with van der Waals surface area (Å²) in [5, 5.41) is 12.8. The van der Waals surface area contributed by atoms with Gasteiger partial charge in [0.25, 0.3) is 0 Å². The number of nitrogens with zero attached hydrogens (tertiary/aromatic N) is 3. The second kappa shape index (κ2) is 10.00. The molecule has 158 valence electrons. The number of hydrogen-bond donors (Lipinski definition) is 1. The Morgan fingerprint density at radius 1 is 1.20 bits per heavy atom. The fourth-order valence-electron chi connectivity index (χ4n) is 2.98. The maximum absolute atomic E-state index is 12.4. The zero-order valence-corrected chi connectivity index (χ0v) is 19.0. The number of halogens is 1. The third-order valence-electron chi connectivity index (χ3n) is 4.63. The predicted molar refractivity (Wildman–Crippen MR) is 121 cm³/mol. The largest absolute Gasteiger partial charge is 0.482 e. The molecule has 3 rings (SSSR count). The smallest absolute Gasteiger partial charge is 0.234 e. The van der Waals surface area contributed by atoms with Crippen molar-refractivity contribution < 1.29 is 9.53 Å². The quantitative estimate of drug-likeness (QED) is 0.468. The number of thioether (sulfide) groups is 1. The second-order valence-corrected chi connectivity index (χ2v) is 8.29. The summed E-state index contributed by atoms with van der Waals surface area (Å²) in [6.07, 6.45) is -0.268. The minimum atomic E-state index is -0.268. The van der Waals surface area contributed by atoms with Crippen LogP contribution in [0, 0.1) is 13.8 Å². The lowest BCUT2D eigenvalue weighted by Crippen LogP contribution is -2.16. The molecule has 1 unspecified atom stereocenters. The number of aryl methyl sites for hydroxylation is 2. The van der Waals surface area contributed by atoms with Crippen LogP contribution in [0.1, 0.15) is 36.9 Å². The highest BCUT2D eigenvalue weighted by molar-refractivity contribution is 7.99. The molecule has 1 aromatic heterocycles. The molecule has 0 radical (unpaired) electrons. The summed E-state index contributed by atoms with van der Waals surface area (Å²) < 4.78 is 8.07. The van der Waals surface area contributed by atoms with Crippen LogP contribution in [0.15, 0.2) is 47.6 Å². The van der Waals surface area contributed by atoms with Crippen LogP contribution in [0.3, 0.4) is 0 Å². The van der Waals surface area contributed by atoms with Gasteiger partial charge in [0.05, 0.1) is 5.75 Å². The molecule has 1 atom stereocenters. The topological polar surface area (TPSA) is 69.0 Å². The van der Waals surface area contributed by atoms with Gasteiger partial charge in [0, 0.05) is 17.3 Å². The number of carbonyl (C=O) groups excluding carboxylic acids is 1. The molecule has 0 spiro atoms. The highest BCUT2D eigenvalue weighted by Gasteiger charge is 2.20. The van der Waals surface area contributed by atoms with E-state index in [2.05, 4.69) is 15.5 Å². The normalized spacial score (nSPS) is 11.9. The molecule has 0 aliphatic carbocycles. The van der Waals surface area contributed by atoms with Gasteiger partial charge in [-0.05, 0) is 57.0 Å². The number of hydrogen-bond acceptors (Lipinski definition) is 5. The summed E-state index contributed by atoms with van der Waals surface area (Å²) in [5.74, 6) is 1.65. The van der Waals surface area contributed by atoms with E-state index >= 15 is 0 Å². The number of para-hydroxylation sites is 1. The number of benzene rings is 2. The summed E-state index contributed by atoms with van der Waals surface area (Å²) in [4.78, 5) is 12.4. The number of ether oxygens (including phenoxy) is 1. The van der Waals surface area contributed by atoms with Crippen molar-refractivity contribution in [2.75, 3.05) is 11.1 Å². The molecule has 3 aromatic rings. The number of anilines is 1. The van der Waals surface area contributed by atoms with Gasteiger partial charge < -0.3 is 14.6 Å². The lowest BCUT2D eigenvalue weighted by atomic mass is 10.2. The Labute approximate surface area is 186 Å². The van der Waals surface area contributed by atoms with Crippen LogP contribution in [0.25, 0.3) is 0 Å². The van der Waals surface area contributed by atoms with Gasteiger partial charge in [0.15, 0.2) is 17.1 Å². The molecule has 30 heavy (non-hydrogen) atoms. The molecule has 8 heteroatoms. The molecule has 0 fully saturated rings. The van der Waals surface area contributed by atoms with E-state index in [4.69, 9.17) is 16.3 Å². The fraction of sp³-hybridized carbons (Fsp3) is 0.318.